The first-order valence-electron chi connectivity index (χ1n) is 10.1. The maximum absolute atomic E-state index is 13.2. The zero-order valence-electron chi connectivity index (χ0n) is 16.3. The summed E-state index contributed by atoms with van der Waals surface area (Å²) in [5.41, 5.74) is 1.91. The van der Waals surface area contributed by atoms with Crippen molar-refractivity contribution in [3.63, 3.8) is 0 Å². The minimum atomic E-state index is -0.974. The third-order valence-corrected chi connectivity index (χ3v) is 6.21. The van der Waals surface area contributed by atoms with Gasteiger partial charge in [0.05, 0.1) is 6.04 Å². The van der Waals surface area contributed by atoms with E-state index in [1.165, 1.54) is 0 Å². The highest BCUT2D eigenvalue weighted by Crippen LogP contribution is 2.46. The molecule has 2 aromatic heterocycles. The number of carboxylic acid groups (broad SMARTS) is 1. The molecule has 2 aliphatic rings. The number of aromatic carboxylic acids is 1. The number of likely N-dealkylation sites (tertiary alicyclic amines) is 1. The molecule has 0 radical (unpaired) electrons. The number of carbonyl (C=O) groups is 2. The van der Waals surface area contributed by atoms with Gasteiger partial charge in [0.2, 0.25) is 0 Å². The van der Waals surface area contributed by atoms with Crippen molar-refractivity contribution >= 4 is 17.7 Å². The largest absolute Gasteiger partial charge is 0.478 e. The summed E-state index contributed by atoms with van der Waals surface area (Å²) >= 11 is 0. The zero-order valence-corrected chi connectivity index (χ0v) is 16.3. The highest BCUT2D eigenvalue weighted by molar-refractivity contribution is 5.94. The first kappa shape index (κ1) is 18.4. The van der Waals surface area contributed by atoms with E-state index in [0.717, 1.165) is 5.56 Å². The number of pyridine rings is 1. The van der Waals surface area contributed by atoms with E-state index in [1.807, 2.05) is 29.2 Å². The van der Waals surface area contributed by atoms with Crippen LogP contribution >= 0.6 is 0 Å². The number of hydrogen-bond donors (Lipinski definition) is 2. The van der Waals surface area contributed by atoms with Crippen LogP contribution in [0.3, 0.4) is 0 Å². The van der Waals surface area contributed by atoms with E-state index in [2.05, 4.69) is 27.0 Å². The summed E-state index contributed by atoms with van der Waals surface area (Å²) in [5.74, 6) is -0.0154. The van der Waals surface area contributed by atoms with Crippen molar-refractivity contribution in [3.8, 4) is 0 Å². The monoisotopic (exact) mass is 402 g/mol. The predicted octanol–water partition coefficient (Wildman–Crippen LogP) is 3.06. The van der Waals surface area contributed by atoms with Crippen LogP contribution in [0.5, 0.6) is 0 Å². The quantitative estimate of drug-likeness (QED) is 0.700. The number of nitrogens with one attached hydrogen (secondary N) is 1. The smallest absolute Gasteiger partial charge is 0.339 e. The zero-order chi connectivity index (χ0) is 20.7. The van der Waals surface area contributed by atoms with Crippen LogP contribution in [0.1, 0.15) is 32.5 Å². The van der Waals surface area contributed by atoms with E-state index in [-0.39, 0.29) is 29.3 Å². The molecule has 3 aromatic rings. The molecule has 2 aliphatic heterocycles. The fourth-order valence-electron chi connectivity index (χ4n) is 4.94. The molecule has 0 aliphatic carbocycles. The van der Waals surface area contributed by atoms with E-state index in [9.17, 15) is 14.7 Å². The Bertz CT molecular complexity index is 1070. The van der Waals surface area contributed by atoms with Crippen molar-refractivity contribution < 1.29 is 14.7 Å². The molecule has 152 valence electrons. The summed E-state index contributed by atoms with van der Waals surface area (Å²) in [6, 6.07) is 16.9. The molecule has 7 heteroatoms. The van der Waals surface area contributed by atoms with Crippen LogP contribution in [0.25, 0.3) is 0 Å². The van der Waals surface area contributed by atoms with Crippen LogP contribution in [0.4, 0.5) is 5.82 Å². The number of aromatic amines is 1. The first-order valence-corrected chi connectivity index (χ1v) is 10.1. The molecule has 3 atom stereocenters. The lowest BCUT2D eigenvalue weighted by Crippen LogP contribution is -2.36. The van der Waals surface area contributed by atoms with Crippen molar-refractivity contribution in [2.24, 2.45) is 11.8 Å². The van der Waals surface area contributed by atoms with Crippen LogP contribution in [-0.4, -0.2) is 51.5 Å². The van der Waals surface area contributed by atoms with Gasteiger partial charge in [-0.1, -0.05) is 30.3 Å². The predicted molar refractivity (Wildman–Crippen MR) is 111 cm³/mol. The number of amides is 1. The van der Waals surface area contributed by atoms with Gasteiger partial charge in [0.1, 0.15) is 17.1 Å². The Hall–Kier alpha value is -3.61. The summed E-state index contributed by atoms with van der Waals surface area (Å²) in [7, 11) is 0. The Balaban J connectivity index is 1.48. The summed E-state index contributed by atoms with van der Waals surface area (Å²) in [6.45, 7) is 1.98. The van der Waals surface area contributed by atoms with Crippen molar-refractivity contribution in [1.29, 1.82) is 0 Å². The van der Waals surface area contributed by atoms with Gasteiger partial charge >= 0.3 is 5.97 Å². The van der Waals surface area contributed by atoms with Gasteiger partial charge in [-0.25, -0.2) is 9.78 Å². The van der Waals surface area contributed by atoms with Gasteiger partial charge in [-0.15, -0.1) is 0 Å². The molecule has 0 unspecified atom stereocenters. The van der Waals surface area contributed by atoms with Crippen molar-refractivity contribution in [3.05, 3.63) is 83.8 Å². The normalized spacial score (nSPS) is 22.9. The minimum absolute atomic E-state index is 0.00105. The Kier molecular flexibility index (Phi) is 4.50. The lowest BCUT2D eigenvalue weighted by atomic mass is 9.89. The lowest BCUT2D eigenvalue weighted by molar-refractivity contribution is 0.0695. The van der Waals surface area contributed by atoms with Gasteiger partial charge in [-0.3, -0.25) is 4.79 Å². The SMILES string of the molecule is O=C(O)c1cccnc1N1C[C@H]2CN(C(=O)c3ccc[nH]3)[C@H](c3ccccc3)[C@H]2C1. The Morgan fingerprint density at radius 1 is 1.00 bits per heavy atom. The minimum Gasteiger partial charge on any atom is -0.478 e. The fourth-order valence-corrected chi connectivity index (χ4v) is 4.94. The standard InChI is InChI=1S/C23H22N4O3/c28-22(19-9-5-10-24-19)27-13-16-12-26(21-17(23(29)30)8-4-11-25-21)14-18(16)20(27)15-6-2-1-3-7-15/h1-11,16,18,20,24H,12-14H2,(H,29,30)/t16-,18-,20+/m0/s1. The Morgan fingerprint density at radius 3 is 2.57 bits per heavy atom. The molecule has 2 fully saturated rings. The Labute approximate surface area is 174 Å². The number of carbonyl (C=O) groups excluding carboxylic acids is 1. The van der Waals surface area contributed by atoms with Gasteiger partial charge in [-0.2, -0.15) is 0 Å². The first-order chi connectivity index (χ1) is 14.6. The molecule has 4 heterocycles. The second-order valence-corrected chi connectivity index (χ2v) is 7.91. The van der Waals surface area contributed by atoms with Crippen LogP contribution in [-0.2, 0) is 0 Å². The van der Waals surface area contributed by atoms with Gasteiger partial charge in [-0.05, 0) is 29.8 Å². The third-order valence-electron chi connectivity index (χ3n) is 6.21. The molecule has 0 bridgehead atoms. The molecular weight excluding hydrogens is 380 g/mol. The number of nitrogens with zero attached hydrogens (tertiary/aromatic N) is 3. The summed E-state index contributed by atoms with van der Waals surface area (Å²) in [4.78, 5) is 36.3. The number of H-pyrrole nitrogens is 1. The van der Waals surface area contributed by atoms with E-state index < -0.39 is 5.97 Å². The molecular formula is C23H22N4O3. The summed E-state index contributed by atoms with van der Waals surface area (Å²) in [5, 5.41) is 9.56. The summed E-state index contributed by atoms with van der Waals surface area (Å²) < 4.78 is 0. The topological polar surface area (TPSA) is 89.5 Å². The number of benzene rings is 1. The number of fused-ring (bicyclic) bond motifs is 1. The van der Waals surface area contributed by atoms with Crippen LogP contribution in [0.2, 0.25) is 0 Å². The number of rotatable bonds is 4. The average molecular weight is 402 g/mol. The number of carboxylic acids is 1. The number of anilines is 1. The van der Waals surface area contributed by atoms with Gasteiger partial charge in [0, 0.05) is 43.9 Å². The Morgan fingerprint density at radius 2 is 1.83 bits per heavy atom. The number of hydrogen-bond acceptors (Lipinski definition) is 4. The second kappa shape index (κ2) is 7.33. The highest BCUT2D eigenvalue weighted by atomic mass is 16.4. The van der Waals surface area contributed by atoms with Gasteiger partial charge in [0.15, 0.2) is 0 Å². The lowest BCUT2D eigenvalue weighted by Gasteiger charge is -2.30. The molecule has 7 nitrogen and oxygen atoms in total. The molecule has 2 saturated heterocycles. The molecule has 0 saturated carbocycles. The number of aromatic nitrogens is 2. The van der Waals surface area contributed by atoms with Crippen molar-refractivity contribution in [1.82, 2.24) is 14.9 Å². The van der Waals surface area contributed by atoms with Gasteiger partial charge < -0.3 is 19.9 Å². The van der Waals surface area contributed by atoms with Crippen LogP contribution in [0, 0.1) is 11.8 Å². The van der Waals surface area contributed by atoms with E-state index >= 15 is 0 Å². The summed E-state index contributed by atoms with van der Waals surface area (Å²) in [6.07, 6.45) is 3.39. The van der Waals surface area contributed by atoms with Crippen LogP contribution < -0.4 is 4.90 Å². The van der Waals surface area contributed by atoms with Crippen molar-refractivity contribution in [2.75, 3.05) is 24.5 Å². The van der Waals surface area contributed by atoms with Gasteiger partial charge in [0.25, 0.3) is 5.91 Å². The molecule has 1 amide bonds. The molecule has 2 N–H and O–H groups in total. The third kappa shape index (κ3) is 3.03. The highest BCUT2D eigenvalue weighted by Gasteiger charge is 2.50. The molecule has 5 rings (SSSR count). The molecule has 1 aromatic carbocycles. The van der Waals surface area contributed by atoms with Crippen molar-refractivity contribution in [2.45, 2.75) is 6.04 Å². The molecule has 0 spiro atoms. The average Bonchev–Trinajstić information content (AvgIpc) is 3.50. The second-order valence-electron chi connectivity index (χ2n) is 7.91. The molecule has 30 heavy (non-hydrogen) atoms. The fraction of sp³-hybridized carbons (Fsp3) is 0.261. The van der Waals surface area contributed by atoms with E-state index in [4.69, 9.17) is 0 Å². The maximum atomic E-state index is 13.2. The van der Waals surface area contributed by atoms with E-state index in [1.54, 1.807) is 30.6 Å². The maximum Gasteiger partial charge on any atom is 0.339 e. The van der Waals surface area contributed by atoms with E-state index in [0.29, 0.717) is 31.1 Å². The van der Waals surface area contributed by atoms with Crippen LogP contribution in [0.15, 0.2) is 67.0 Å².